The van der Waals surface area contributed by atoms with Crippen molar-refractivity contribution < 1.29 is 4.74 Å². The van der Waals surface area contributed by atoms with Gasteiger partial charge >= 0.3 is 0 Å². The van der Waals surface area contributed by atoms with Gasteiger partial charge < -0.3 is 10.1 Å². The van der Waals surface area contributed by atoms with Crippen LogP contribution in [-0.2, 0) is 4.74 Å². The maximum absolute atomic E-state index is 8.75. The molecule has 2 heterocycles. The van der Waals surface area contributed by atoms with Crippen LogP contribution in [0.2, 0.25) is 0 Å². The van der Waals surface area contributed by atoms with Crippen molar-refractivity contribution in [1.82, 2.24) is 4.98 Å². The number of pyridine rings is 1. The molecular weight excluding hydrogens is 226 g/mol. The van der Waals surface area contributed by atoms with Crippen LogP contribution in [0.15, 0.2) is 18.2 Å². The van der Waals surface area contributed by atoms with E-state index in [4.69, 9.17) is 10.00 Å². The highest BCUT2D eigenvalue weighted by Crippen LogP contribution is 2.16. The van der Waals surface area contributed by atoms with Gasteiger partial charge in [0.1, 0.15) is 17.6 Å². The molecule has 0 bridgehead atoms. The minimum absolute atomic E-state index is 0.443. The van der Waals surface area contributed by atoms with Crippen LogP contribution >= 0.6 is 0 Å². The van der Waals surface area contributed by atoms with Crippen molar-refractivity contribution >= 4 is 5.82 Å². The topological polar surface area (TPSA) is 57.9 Å². The maximum atomic E-state index is 8.75. The van der Waals surface area contributed by atoms with E-state index in [1.54, 1.807) is 6.07 Å². The van der Waals surface area contributed by atoms with Gasteiger partial charge in [0.05, 0.1) is 6.10 Å². The zero-order valence-corrected chi connectivity index (χ0v) is 10.6. The molecule has 1 N–H and O–H groups in total. The molecule has 1 aromatic rings. The Kier molecular flexibility index (Phi) is 4.98. The SMILES string of the molecule is N#Cc1cccc(NCCC[C@@H]2CCCCO2)n1. The van der Waals surface area contributed by atoms with Crippen molar-refractivity contribution in [3.63, 3.8) is 0 Å². The largest absolute Gasteiger partial charge is 0.378 e. The van der Waals surface area contributed by atoms with Crippen LogP contribution in [-0.4, -0.2) is 24.2 Å². The third-order valence-electron chi connectivity index (χ3n) is 3.15. The van der Waals surface area contributed by atoms with Gasteiger partial charge in [-0.1, -0.05) is 6.07 Å². The van der Waals surface area contributed by atoms with E-state index in [2.05, 4.69) is 10.3 Å². The Balaban J connectivity index is 1.67. The molecule has 4 nitrogen and oxygen atoms in total. The van der Waals surface area contributed by atoms with Crippen LogP contribution in [0.1, 0.15) is 37.8 Å². The molecule has 1 aliphatic rings. The smallest absolute Gasteiger partial charge is 0.142 e. The van der Waals surface area contributed by atoms with Crippen molar-refractivity contribution in [3.05, 3.63) is 23.9 Å². The van der Waals surface area contributed by atoms with Gasteiger partial charge in [-0.25, -0.2) is 4.98 Å². The molecule has 0 spiro atoms. The number of hydrogen-bond acceptors (Lipinski definition) is 4. The van der Waals surface area contributed by atoms with E-state index in [1.165, 1.54) is 19.3 Å². The predicted molar refractivity (Wildman–Crippen MR) is 70.3 cm³/mol. The van der Waals surface area contributed by atoms with E-state index in [0.717, 1.165) is 31.8 Å². The normalized spacial score (nSPS) is 19.2. The molecule has 2 rings (SSSR count). The van der Waals surface area contributed by atoms with Crippen LogP contribution in [0.4, 0.5) is 5.82 Å². The van der Waals surface area contributed by atoms with Gasteiger partial charge in [-0.3, -0.25) is 0 Å². The molecule has 1 aromatic heterocycles. The Labute approximate surface area is 108 Å². The first-order chi connectivity index (χ1) is 8.88. The van der Waals surface area contributed by atoms with E-state index >= 15 is 0 Å². The molecule has 0 radical (unpaired) electrons. The first-order valence-electron chi connectivity index (χ1n) is 6.61. The molecule has 96 valence electrons. The Hall–Kier alpha value is -1.60. The van der Waals surface area contributed by atoms with Crippen LogP contribution < -0.4 is 5.32 Å². The molecule has 0 amide bonds. The van der Waals surface area contributed by atoms with Crippen molar-refractivity contribution in [3.8, 4) is 6.07 Å². The van der Waals surface area contributed by atoms with Gasteiger partial charge in [-0.2, -0.15) is 5.26 Å². The third kappa shape index (κ3) is 4.01. The zero-order valence-electron chi connectivity index (χ0n) is 10.6. The number of nitrogens with one attached hydrogen (secondary N) is 1. The van der Waals surface area contributed by atoms with Gasteiger partial charge in [0.25, 0.3) is 0 Å². The molecule has 0 saturated carbocycles. The third-order valence-corrected chi connectivity index (χ3v) is 3.15. The van der Waals surface area contributed by atoms with Crippen LogP contribution in [0.5, 0.6) is 0 Å². The lowest BCUT2D eigenvalue weighted by Gasteiger charge is -2.22. The molecule has 0 aliphatic carbocycles. The molecule has 0 unspecified atom stereocenters. The van der Waals surface area contributed by atoms with E-state index < -0.39 is 0 Å². The monoisotopic (exact) mass is 245 g/mol. The molecule has 1 saturated heterocycles. The second-order valence-corrected chi connectivity index (χ2v) is 4.58. The highest BCUT2D eigenvalue weighted by molar-refractivity contribution is 5.38. The highest BCUT2D eigenvalue weighted by Gasteiger charge is 2.12. The fourth-order valence-corrected chi connectivity index (χ4v) is 2.18. The average Bonchev–Trinajstić information content (AvgIpc) is 2.45. The average molecular weight is 245 g/mol. The molecule has 1 aliphatic heterocycles. The van der Waals surface area contributed by atoms with Crippen LogP contribution in [0.25, 0.3) is 0 Å². The van der Waals surface area contributed by atoms with Crippen molar-refractivity contribution in [2.45, 2.75) is 38.2 Å². The summed E-state index contributed by atoms with van der Waals surface area (Å²) in [7, 11) is 0. The summed E-state index contributed by atoms with van der Waals surface area (Å²) in [5, 5.41) is 12.0. The Bertz CT molecular complexity index is 408. The summed E-state index contributed by atoms with van der Waals surface area (Å²) in [4.78, 5) is 4.17. The van der Waals surface area contributed by atoms with Crippen LogP contribution in [0, 0.1) is 11.3 Å². The summed E-state index contributed by atoms with van der Waals surface area (Å²) >= 11 is 0. The standard InChI is InChI=1S/C14H19N3O/c15-11-12-5-3-8-14(17-12)16-9-4-7-13-6-1-2-10-18-13/h3,5,8,13H,1-2,4,6-7,9-10H2,(H,16,17)/t13-/m0/s1. The number of rotatable bonds is 5. The number of ether oxygens (including phenoxy) is 1. The van der Waals surface area contributed by atoms with Gasteiger partial charge in [0, 0.05) is 13.2 Å². The molecule has 4 heteroatoms. The minimum atomic E-state index is 0.443. The lowest BCUT2D eigenvalue weighted by molar-refractivity contribution is 0.0107. The highest BCUT2D eigenvalue weighted by atomic mass is 16.5. The van der Waals surface area contributed by atoms with E-state index in [9.17, 15) is 0 Å². The second kappa shape index (κ2) is 6.97. The van der Waals surface area contributed by atoms with E-state index in [-0.39, 0.29) is 0 Å². The summed E-state index contributed by atoms with van der Waals surface area (Å²) in [5.41, 5.74) is 0.454. The minimum Gasteiger partial charge on any atom is -0.378 e. The number of anilines is 1. The van der Waals surface area contributed by atoms with E-state index in [0.29, 0.717) is 11.8 Å². The first-order valence-corrected chi connectivity index (χ1v) is 6.61. The fraction of sp³-hybridized carbons (Fsp3) is 0.571. The van der Waals surface area contributed by atoms with Gasteiger partial charge in [0.2, 0.25) is 0 Å². The quantitative estimate of drug-likeness (QED) is 0.810. The number of nitriles is 1. The lowest BCUT2D eigenvalue weighted by atomic mass is 10.0. The number of aromatic nitrogens is 1. The zero-order chi connectivity index (χ0) is 12.6. The molecule has 0 aromatic carbocycles. The van der Waals surface area contributed by atoms with Gasteiger partial charge in [0.15, 0.2) is 0 Å². The number of nitrogens with zero attached hydrogens (tertiary/aromatic N) is 2. The summed E-state index contributed by atoms with van der Waals surface area (Å²) in [5.74, 6) is 0.776. The summed E-state index contributed by atoms with van der Waals surface area (Å²) in [6, 6.07) is 7.48. The summed E-state index contributed by atoms with van der Waals surface area (Å²) in [6.07, 6.45) is 6.32. The first kappa shape index (κ1) is 12.8. The van der Waals surface area contributed by atoms with Crippen molar-refractivity contribution in [2.24, 2.45) is 0 Å². The van der Waals surface area contributed by atoms with Gasteiger partial charge in [-0.15, -0.1) is 0 Å². The van der Waals surface area contributed by atoms with Crippen molar-refractivity contribution in [2.75, 3.05) is 18.5 Å². The number of hydrogen-bond donors (Lipinski definition) is 1. The Morgan fingerprint density at radius 3 is 3.17 bits per heavy atom. The molecule has 1 atom stereocenters. The predicted octanol–water partition coefficient (Wildman–Crippen LogP) is 2.71. The fourth-order valence-electron chi connectivity index (χ4n) is 2.18. The second-order valence-electron chi connectivity index (χ2n) is 4.58. The van der Waals surface area contributed by atoms with Crippen LogP contribution in [0.3, 0.4) is 0 Å². The molecule has 18 heavy (non-hydrogen) atoms. The molecule has 1 fully saturated rings. The molecular formula is C14H19N3O. The van der Waals surface area contributed by atoms with Crippen molar-refractivity contribution in [1.29, 1.82) is 5.26 Å². The van der Waals surface area contributed by atoms with Gasteiger partial charge in [-0.05, 0) is 44.2 Å². The van der Waals surface area contributed by atoms with E-state index in [1.807, 2.05) is 18.2 Å². The Morgan fingerprint density at radius 1 is 1.44 bits per heavy atom. The Morgan fingerprint density at radius 2 is 2.39 bits per heavy atom. The summed E-state index contributed by atoms with van der Waals surface area (Å²) in [6.45, 7) is 1.80. The summed E-state index contributed by atoms with van der Waals surface area (Å²) < 4.78 is 5.68. The lowest BCUT2D eigenvalue weighted by Crippen LogP contribution is -2.19. The maximum Gasteiger partial charge on any atom is 0.142 e.